The van der Waals surface area contributed by atoms with E-state index in [1.807, 2.05) is 97.1 Å². The largest absolute Gasteiger partial charge is 0.321 e. The van der Waals surface area contributed by atoms with Gasteiger partial charge in [-0.05, 0) is 59.7 Å². The summed E-state index contributed by atoms with van der Waals surface area (Å²) in [4.78, 5) is 13.1. The molecule has 1 amide bonds. The summed E-state index contributed by atoms with van der Waals surface area (Å²) in [6, 6.07) is 41.5. The summed E-state index contributed by atoms with van der Waals surface area (Å²) in [5.74, 6) is -0.453. The predicted molar refractivity (Wildman–Crippen MR) is 153 cm³/mol. The summed E-state index contributed by atoms with van der Waals surface area (Å²) < 4.78 is 3.16. The van der Waals surface area contributed by atoms with Gasteiger partial charge in [0, 0.05) is 21.4 Å². The molecule has 0 spiro atoms. The first-order chi connectivity index (χ1) is 18.1. The van der Waals surface area contributed by atoms with Gasteiger partial charge in [-0.3, -0.25) is 4.79 Å². The highest BCUT2D eigenvalue weighted by Gasteiger charge is 2.20. The molecule has 5 aromatic rings. The molecule has 0 fully saturated rings. The minimum Gasteiger partial charge on any atom is -0.321 e. The molecule has 0 bridgehead atoms. The Bertz CT molecular complexity index is 1600. The monoisotopic (exact) mass is 543 g/mol. The topological polar surface area (TPSA) is 57.8 Å². The smallest absolute Gasteiger partial charge is 0.266 e. The molecule has 0 unspecified atom stereocenters. The number of nitrogens with zero attached hydrogens (tertiary/aromatic N) is 2. The second kappa shape index (κ2) is 10.9. The summed E-state index contributed by atoms with van der Waals surface area (Å²) in [5, 5.41) is 12.8. The third-order valence-corrected chi connectivity index (χ3v) is 6.46. The Hall–Kier alpha value is -4.66. The van der Waals surface area contributed by atoms with Crippen LogP contribution in [0.3, 0.4) is 0 Å². The van der Waals surface area contributed by atoms with Gasteiger partial charge in [0.1, 0.15) is 11.6 Å². The maximum atomic E-state index is 13.1. The van der Waals surface area contributed by atoms with Crippen molar-refractivity contribution >= 4 is 33.6 Å². The Morgan fingerprint density at radius 1 is 0.784 bits per heavy atom. The van der Waals surface area contributed by atoms with Crippen LogP contribution in [0.4, 0.5) is 5.69 Å². The number of para-hydroxylation sites is 1. The fraction of sp³-hybridized carbons (Fsp3) is 0. The van der Waals surface area contributed by atoms with Crippen molar-refractivity contribution in [2.75, 3.05) is 5.32 Å². The number of carbonyl (C=O) groups is 1. The molecule has 0 saturated carbocycles. The summed E-state index contributed by atoms with van der Waals surface area (Å²) >= 11 is 3.54. The molecule has 178 valence electrons. The molecular weight excluding hydrogens is 522 g/mol. The van der Waals surface area contributed by atoms with Crippen molar-refractivity contribution in [3.05, 3.63) is 137 Å². The standard InChI is InChI=1S/C32H22BrN3O/c33-27-16-18-29(19-17-27)36-30(23-10-4-1-5-11-23)21-25(31(36)24-12-6-2-7-13-24)20-26(22-34)32(37)35-28-14-8-3-9-15-28/h1-21H,(H,35,37)/b26-20+. The molecule has 5 heteroatoms. The van der Waals surface area contributed by atoms with Crippen molar-refractivity contribution < 1.29 is 4.79 Å². The molecule has 1 N–H and O–H groups in total. The lowest BCUT2D eigenvalue weighted by Crippen LogP contribution is -2.13. The number of hydrogen-bond donors (Lipinski definition) is 1. The van der Waals surface area contributed by atoms with E-state index in [-0.39, 0.29) is 5.57 Å². The predicted octanol–water partition coefficient (Wildman–Crippen LogP) is 8.12. The van der Waals surface area contributed by atoms with E-state index < -0.39 is 5.91 Å². The first kappa shape index (κ1) is 24.1. The van der Waals surface area contributed by atoms with Gasteiger partial charge < -0.3 is 9.88 Å². The van der Waals surface area contributed by atoms with Crippen LogP contribution < -0.4 is 5.32 Å². The van der Waals surface area contributed by atoms with Gasteiger partial charge in [0.25, 0.3) is 5.91 Å². The molecule has 4 aromatic carbocycles. The van der Waals surface area contributed by atoms with Crippen LogP contribution in [0.15, 0.2) is 131 Å². The number of benzene rings is 4. The lowest BCUT2D eigenvalue weighted by Gasteiger charge is -2.15. The van der Waals surface area contributed by atoms with E-state index in [1.165, 1.54) is 0 Å². The van der Waals surface area contributed by atoms with Crippen LogP contribution in [0.5, 0.6) is 0 Å². The van der Waals surface area contributed by atoms with Gasteiger partial charge in [0.05, 0.1) is 11.4 Å². The van der Waals surface area contributed by atoms with Crippen molar-refractivity contribution in [1.29, 1.82) is 5.26 Å². The lowest BCUT2D eigenvalue weighted by molar-refractivity contribution is -0.112. The van der Waals surface area contributed by atoms with Crippen LogP contribution in [-0.4, -0.2) is 10.5 Å². The van der Waals surface area contributed by atoms with Crippen LogP contribution in [0, 0.1) is 11.3 Å². The maximum Gasteiger partial charge on any atom is 0.266 e. The van der Waals surface area contributed by atoms with Gasteiger partial charge in [-0.2, -0.15) is 5.26 Å². The van der Waals surface area contributed by atoms with Crippen LogP contribution in [-0.2, 0) is 4.79 Å². The quantitative estimate of drug-likeness (QED) is 0.173. The Morgan fingerprint density at radius 2 is 1.35 bits per heavy atom. The number of anilines is 1. The van der Waals surface area contributed by atoms with Crippen molar-refractivity contribution in [3.63, 3.8) is 0 Å². The average Bonchev–Trinajstić information content (AvgIpc) is 3.32. The zero-order valence-corrected chi connectivity index (χ0v) is 21.4. The normalized spacial score (nSPS) is 11.1. The van der Waals surface area contributed by atoms with E-state index in [2.05, 4.69) is 44.0 Å². The van der Waals surface area contributed by atoms with Gasteiger partial charge in [-0.1, -0.05) is 94.8 Å². The van der Waals surface area contributed by atoms with Gasteiger partial charge in [-0.25, -0.2) is 0 Å². The Morgan fingerprint density at radius 3 is 1.95 bits per heavy atom. The fourth-order valence-electron chi connectivity index (χ4n) is 4.24. The number of halogens is 1. The fourth-order valence-corrected chi connectivity index (χ4v) is 4.50. The second-order valence-electron chi connectivity index (χ2n) is 8.37. The molecule has 0 saturated heterocycles. The first-order valence-electron chi connectivity index (χ1n) is 11.7. The van der Waals surface area contributed by atoms with E-state index in [9.17, 15) is 10.1 Å². The maximum absolute atomic E-state index is 13.1. The number of aromatic nitrogens is 1. The highest BCUT2D eigenvalue weighted by atomic mass is 79.9. The Kier molecular flexibility index (Phi) is 7.12. The van der Waals surface area contributed by atoms with Gasteiger partial charge in [0.2, 0.25) is 0 Å². The molecule has 0 atom stereocenters. The molecule has 0 aliphatic heterocycles. The molecule has 0 radical (unpaired) electrons. The SMILES string of the molecule is N#C/C(=C\c1cc(-c2ccccc2)n(-c2ccc(Br)cc2)c1-c1ccccc1)C(=O)Nc1ccccc1. The van der Waals surface area contributed by atoms with Crippen molar-refractivity contribution in [3.8, 4) is 34.3 Å². The van der Waals surface area contributed by atoms with E-state index >= 15 is 0 Å². The summed E-state index contributed by atoms with van der Waals surface area (Å²) in [6.45, 7) is 0. The average molecular weight is 544 g/mol. The molecule has 4 nitrogen and oxygen atoms in total. The van der Waals surface area contributed by atoms with E-state index in [4.69, 9.17) is 0 Å². The number of nitrogens with one attached hydrogen (secondary N) is 1. The van der Waals surface area contributed by atoms with Crippen molar-refractivity contribution in [1.82, 2.24) is 4.57 Å². The Labute approximate surface area is 224 Å². The van der Waals surface area contributed by atoms with Gasteiger partial charge in [-0.15, -0.1) is 0 Å². The third kappa shape index (κ3) is 5.30. The zero-order valence-electron chi connectivity index (χ0n) is 19.8. The lowest BCUT2D eigenvalue weighted by atomic mass is 10.0. The van der Waals surface area contributed by atoms with E-state index in [1.54, 1.807) is 18.2 Å². The number of nitriles is 1. The minimum absolute atomic E-state index is 0.0219. The van der Waals surface area contributed by atoms with Crippen LogP contribution in [0.25, 0.3) is 34.3 Å². The van der Waals surface area contributed by atoms with E-state index in [0.717, 1.165) is 38.2 Å². The number of carbonyl (C=O) groups excluding carboxylic acids is 1. The van der Waals surface area contributed by atoms with Crippen molar-refractivity contribution in [2.45, 2.75) is 0 Å². The highest BCUT2D eigenvalue weighted by molar-refractivity contribution is 9.10. The van der Waals surface area contributed by atoms with E-state index in [0.29, 0.717) is 5.69 Å². The molecule has 1 heterocycles. The molecule has 0 aliphatic rings. The second-order valence-corrected chi connectivity index (χ2v) is 9.28. The van der Waals surface area contributed by atoms with Crippen LogP contribution in [0.2, 0.25) is 0 Å². The van der Waals surface area contributed by atoms with Gasteiger partial charge in [0.15, 0.2) is 0 Å². The Balaban J connectivity index is 1.73. The summed E-state index contributed by atoms with van der Waals surface area (Å²) in [5.41, 5.74) is 6.23. The molecule has 1 aromatic heterocycles. The number of hydrogen-bond acceptors (Lipinski definition) is 2. The third-order valence-electron chi connectivity index (χ3n) is 5.93. The van der Waals surface area contributed by atoms with Crippen LogP contribution >= 0.6 is 15.9 Å². The van der Waals surface area contributed by atoms with Crippen LogP contribution in [0.1, 0.15) is 5.56 Å². The number of rotatable bonds is 6. The highest BCUT2D eigenvalue weighted by Crippen LogP contribution is 2.37. The molecule has 5 rings (SSSR count). The summed E-state index contributed by atoms with van der Waals surface area (Å²) in [7, 11) is 0. The molecule has 37 heavy (non-hydrogen) atoms. The van der Waals surface area contributed by atoms with Crippen molar-refractivity contribution in [2.24, 2.45) is 0 Å². The summed E-state index contributed by atoms with van der Waals surface area (Å²) in [6.07, 6.45) is 1.67. The van der Waals surface area contributed by atoms with Gasteiger partial charge >= 0.3 is 0 Å². The molecule has 0 aliphatic carbocycles. The number of amides is 1. The zero-order chi connectivity index (χ0) is 25.6. The minimum atomic E-state index is -0.453. The molecular formula is C32H22BrN3O. The first-order valence-corrected chi connectivity index (χ1v) is 12.5.